The molecule has 25 heavy (non-hydrogen) atoms. The zero-order chi connectivity index (χ0) is 18.7. The van der Waals surface area contributed by atoms with Gasteiger partial charge in [0.15, 0.2) is 0 Å². The first-order chi connectivity index (χ1) is 11.8. The molecule has 1 amide bonds. The third-order valence-corrected chi connectivity index (χ3v) is 4.92. The zero-order valence-electron chi connectivity index (χ0n) is 17.4. The number of carbonyl (C=O) groups excluding carboxylic acids is 1. The molecule has 3 heteroatoms. The van der Waals surface area contributed by atoms with Crippen molar-refractivity contribution in [2.75, 3.05) is 0 Å². The van der Waals surface area contributed by atoms with Gasteiger partial charge in [-0.05, 0) is 47.0 Å². The van der Waals surface area contributed by atoms with E-state index in [0.29, 0.717) is 6.04 Å². The average Bonchev–Trinajstić information content (AvgIpc) is 2.51. The number of nitrogens with zero attached hydrogens (tertiary/aromatic N) is 1. The Bertz CT molecular complexity index is 409. The fourth-order valence-electron chi connectivity index (χ4n) is 3.57. The minimum atomic E-state index is -0.433. The number of hydrogen-bond acceptors (Lipinski definition) is 2. The van der Waals surface area contributed by atoms with E-state index in [9.17, 15) is 4.79 Å². The molecule has 1 heterocycles. The van der Waals surface area contributed by atoms with E-state index >= 15 is 0 Å². The molecule has 0 radical (unpaired) electrons. The molecule has 1 aliphatic heterocycles. The van der Waals surface area contributed by atoms with Crippen LogP contribution in [0.5, 0.6) is 0 Å². The molecule has 146 valence electrons. The minimum absolute atomic E-state index is 0.179. The van der Waals surface area contributed by atoms with Crippen LogP contribution in [-0.2, 0) is 4.74 Å². The number of hydrogen-bond donors (Lipinski definition) is 0. The summed E-state index contributed by atoms with van der Waals surface area (Å²) in [6, 6.07) is 0.310. The summed E-state index contributed by atoms with van der Waals surface area (Å²) in [7, 11) is 0. The van der Waals surface area contributed by atoms with Crippen molar-refractivity contribution in [3.05, 3.63) is 11.8 Å². The topological polar surface area (TPSA) is 29.5 Å². The maximum Gasteiger partial charge on any atom is 0.414 e. The molecule has 0 N–H and O–H groups in total. The molecule has 0 saturated carbocycles. The van der Waals surface area contributed by atoms with Crippen LogP contribution in [0.3, 0.4) is 0 Å². The van der Waals surface area contributed by atoms with Crippen molar-refractivity contribution in [3.8, 4) is 0 Å². The van der Waals surface area contributed by atoms with Crippen LogP contribution in [-0.4, -0.2) is 22.6 Å². The number of ether oxygens (including phenoxy) is 1. The number of amides is 1. The quantitative estimate of drug-likeness (QED) is 0.389. The largest absolute Gasteiger partial charge is 0.443 e. The van der Waals surface area contributed by atoms with Gasteiger partial charge in [-0.2, -0.15) is 0 Å². The van der Waals surface area contributed by atoms with Crippen LogP contribution in [0, 0.1) is 0 Å². The lowest BCUT2D eigenvalue weighted by Gasteiger charge is -2.36. The van der Waals surface area contributed by atoms with Gasteiger partial charge in [0.05, 0.1) is 0 Å². The Morgan fingerprint density at radius 3 is 2.20 bits per heavy atom. The maximum absolute atomic E-state index is 12.6. The monoisotopic (exact) mass is 351 g/mol. The Balaban J connectivity index is 2.30. The predicted octanol–water partition coefficient (Wildman–Crippen LogP) is 7.21. The third-order valence-electron chi connectivity index (χ3n) is 4.92. The molecular weight excluding hydrogens is 310 g/mol. The first-order valence-corrected chi connectivity index (χ1v) is 10.5. The molecule has 0 spiro atoms. The van der Waals surface area contributed by atoms with Gasteiger partial charge >= 0.3 is 6.09 Å². The van der Waals surface area contributed by atoms with Crippen LogP contribution in [0.4, 0.5) is 4.79 Å². The van der Waals surface area contributed by atoms with Gasteiger partial charge in [0.25, 0.3) is 0 Å². The van der Waals surface area contributed by atoms with Crippen LogP contribution in [0.1, 0.15) is 112 Å². The van der Waals surface area contributed by atoms with Gasteiger partial charge in [-0.25, -0.2) is 4.79 Å². The van der Waals surface area contributed by atoms with E-state index in [2.05, 4.69) is 13.0 Å². The molecule has 0 aromatic heterocycles. The molecule has 3 nitrogen and oxygen atoms in total. The molecule has 1 rings (SSSR count). The maximum atomic E-state index is 12.6. The highest BCUT2D eigenvalue weighted by Crippen LogP contribution is 2.27. The Labute approximate surface area is 156 Å². The van der Waals surface area contributed by atoms with Crippen molar-refractivity contribution in [3.63, 3.8) is 0 Å². The van der Waals surface area contributed by atoms with Gasteiger partial charge in [0, 0.05) is 11.7 Å². The SMILES string of the molecule is CCCCCCCCCCCC1CCC=C(C)N1C(=O)OC(C)(C)C. The molecule has 0 aromatic rings. The lowest BCUT2D eigenvalue weighted by Crippen LogP contribution is -2.43. The van der Waals surface area contributed by atoms with Crippen LogP contribution < -0.4 is 0 Å². The van der Waals surface area contributed by atoms with Crippen molar-refractivity contribution in [1.29, 1.82) is 0 Å². The van der Waals surface area contributed by atoms with Gasteiger partial charge in [-0.3, -0.25) is 4.90 Å². The Kier molecular flexibility index (Phi) is 10.2. The van der Waals surface area contributed by atoms with Crippen molar-refractivity contribution in [1.82, 2.24) is 4.90 Å². The van der Waals surface area contributed by atoms with Crippen molar-refractivity contribution >= 4 is 6.09 Å². The van der Waals surface area contributed by atoms with E-state index < -0.39 is 5.60 Å². The Morgan fingerprint density at radius 2 is 1.64 bits per heavy atom. The van der Waals surface area contributed by atoms with E-state index in [1.54, 1.807) is 0 Å². The van der Waals surface area contributed by atoms with Gasteiger partial charge in [0.2, 0.25) is 0 Å². The molecule has 0 bridgehead atoms. The summed E-state index contributed by atoms with van der Waals surface area (Å²) in [4.78, 5) is 14.5. The first-order valence-electron chi connectivity index (χ1n) is 10.5. The summed E-state index contributed by atoms with van der Waals surface area (Å²) in [5.74, 6) is 0. The van der Waals surface area contributed by atoms with Crippen molar-refractivity contribution < 1.29 is 9.53 Å². The van der Waals surface area contributed by atoms with Crippen LogP contribution >= 0.6 is 0 Å². The van der Waals surface area contributed by atoms with Crippen molar-refractivity contribution in [2.45, 2.75) is 123 Å². The zero-order valence-corrected chi connectivity index (χ0v) is 17.4. The molecule has 1 aliphatic rings. The molecule has 0 aliphatic carbocycles. The highest BCUT2D eigenvalue weighted by Gasteiger charge is 2.30. The second kappa shape index (κ2) is 11.6. The lowest BCUT2D eigenvalue weighted by molar-refractivity contribution is 0.0211. The van der Waals surface area contributed by atoms with Gasteiger partial charge in [0.1, 0.15) is 5.60 Å². The Hall–Kier alpha value is -0.990. The normalized spacial score (nSPS) is 18.2. The molecule has 0 fully saturated rings. The third kappa shape index (κ3) is 9.32. The van der Waals surface area contributed by atoms with Crippen LogP contribution in [0.15, 0.2) is 11.8 Å². The van der Waals surface area contributed by atoms with Crippen LogP contribution in [0.25, 0.3) is 0 Å². The number of unbranched alkanes of at least 4 members (excludes halogenated alkanes) is 8. The second-order valence-electron chi connectivity index (χ2n) is 8.54. The average molecular weight is 352 g/mol. The summed E-state index contributed by atoms with van der Waals surface area (Å²) >= 11 is 0. The summed E-state index contributed by atoms with van der Waals surface area (Å²) < 4.78 is 5.62. The summed E-state index contributed by atoms with van der Waals surface area (Å²) in [5, 5.41) is 0. The van der Waals surface area contributed by atoms with E-state index in [0.717, 1.165) is 25.0 Å². The number of allylic oxidation sites excluding steroid dienone is 2. The molecule has 1 unspecified atom stereocenters. The second-order valence-corrected chi connectivity index (χ2v) is 8.54. The van der Waals surface area contributed by atoms with Crippen molar-refractivity contribution in [2.24, 2.45) is 0 Å². The smallest absolute Gasteiger partial charge is 0.414 e. The minimum Gasteiger partial charge on any atom is -0.443 e. The summed E-state index contributed by atoms with van der Waals surface area (Å²) in [6.07, 6.45) is 17.3. The fourth-order valence-corrected chi connectivity index (χ4v) is 3.57. The molecule has 0 saturated heterocycles. The summed E-state index contributed by atoms with van der Waals surface area (Å²) in [5.41, 5.74) is 0.623. The molecule has 0 aromatic carbocycles. The van der Waals surface area contributed by atoms with E-state index in [1.165, 1.54) is 57.8 Å². The lowest BCUT2D eigenvalue weighted by atomic mass is 9.97. The molecule has 1 atom stereocenters. The van der Waals surface area contributed by atoms with Gasteiger partial charge in [-0.15, -0.1) is 0 Å². The highest BCUT2D eigenvalue weighted by atomic mass is 16.6. The van der Waals surface area contributed by atoms with Gasteiger partial charge < -0.3 is 4.74 Å². The van der Waals surface area contributed by atoms with E-state index in [4.69, 9.17) is 4.74 Å². The highest BCUT2D eigenvalue weighted by molar-refractivity contribution is 5.71. The Morgan fingerprint density at radius 1 is 1.08 bits per heavy atom. The first kappa shape index (κ1) is 22.1. The molecular formula is C22H41NO2. The number of rotatable bonds is 10. The standard InChI is InChI=1S/C22H41NO2/c1-6-7-8-9-10-11-12-13-14-17-20-18-15-16-19(2)23(20)21(24)25-22(3,4)5/h16,20H,6-15,17-18H2,1-5H3. The van der Waals surface area contributed by atoms with Gasteiger partial charge in [-0.1, -0.05) is 70.8 Å². The fraction of sp³-hybridized carbons (Fsp3) is 0.864. The van der Waals surface area contributed by atoms with Crippen LogP contribution in [0.2, 0.25) is 0 Å². The van der Waals surface area contributed by atoms with E-state index in [1.807, 2.05) is 32.6 Å². The van der Waals surface area contributed by atoms with E-state index in [-0.39, 0.29) is 6.09 Å². The predicted molar refractivity (Wildman–Crippen MR) is 107 cm³/mol. The number of carbonyl (C=O) groups is 1. The summed E-state index contributed by atoms with van der Waals surface area (Å²) in [6.45, 7) is 10.1.